The molecule has 34 heavy (non-hydrogen) atoms. The van der Waals surface area contributed by atoms with Gasteiger partial charge in [0.1, 0.15) is 0 Å². The molecule has 0 aliphatic carbocycles. The SMILES string of the molecule is CCOC(=O)CCCCn1cc(-c2cn(S(=O)(=O)c3ccc(C)cc3)c3ncc(Br)cc23)cn1. The standard InChI is InChI=1S/C24H25BrN4O4S/c1-3-33-23(30)6-4-5-11-28-15-18(13-27-28)22-16-29(24-21(22)12-19(25)14-26-24)34(31,32)20-9-7-17(2)8-10-20/h7-10,12-16H,3-6,11H2,1-2H3. The van der Waals surface area contributed by atoms with Crippen LogP contribution in [0, 0.1) is 6.92 Å². The first-order valence-electron chi connectivity index (χ1n) is 11.0. The van der Waals surface area contributed by atoms with Gasteiger partial charge in [-0.05, 0) is 60.8 Å². The number of unbranched alkanes of at least 4 members (excludes halogenated alkanes) is 1. The molecule has 0 radical (unpaired) electrons. The monoisotopic (exact) mass is 544 g/mol. The number of hydrogen-bond donors (Lipinski definition) is 0. The molecule has 0 saturated carbocycles. The molecule has 8 nitrogen and oxygen atoms in total. The van der Waals surface area contributed by atoms with Crippen LogP contribution in [0.2, 0.25) is 0 Å². The molecule has 3 aromatic heterocycles. The van der Waals surface area contributed by atoms with Crippen molar-refractivity contribution in [3.63, 3.8) is 0 Å². The van der Waals surface area contributed by atoms with Gasteiger partial charge in [0.15, 0.2) is 5.65 Å². The number of fused-ring (bicyclic) bond motifs is 1. The maximum Gasteiger partial charge on any atom is 0.305 e. The van der Waals surface area contributed by atoms with E-state index in [1.54, 1.807) is 54.5 Å². The molecule has 4 aromatic rings. The summed E-state index contributed by atoms with van der Waals surface area (Å²) in [5.41, 5.74) is 2.83. The third kappa shape index (κ3) is 5.07. The Balaban J connectivity index is 1.64. The van der Waals surface area contributed by atoms with Gasteiger partial charge >= 0.3 is 5.97 Å². The van der Waals surface area contributed by atoms with Crippen molar-refractivity contribution in [2.24, 2.45) is 0 Å². The topological polar surface area (TPSA) is 96.1 Å². The number of halogens is 1. The van der Waals surface area contributed by atoms with Gasteiger partial charge in [-0.2, -0.15) is 5.10 Å². The van der Waals surface area contributed by atoms with Gasteiger partial charge in [0, 0.05) is 52.5 Å². The maximum absolute atomic E-state index is 13.4. The Morgan fingerprint density at radius 3 is 2.62 bits per heavy atom. The van der Waals surface area contributed by atoms with Crippen molar-refractivity contribution in [1.29, 1.82) is 0 Å². The van der Waals surface area contributed by atoms with E-state index < -0.39 is 10.0 Å². The minimum Gasteiger partial charge on any atom is -0.466 e. The van der Waals surface area contributed by atoms with Crippen LogP contribution in [0.3, 0.4) is 0 Å². The average Bonchev–Trinajstić information content (AvgIpc) is 3.42. The predicted molar refractivity (Wildman–Crippen MR) is 133 cm³/mol. The van der Waals surface area contributed by atoms with E-state index in [1.807, 2.05) is 19.2 Å². The van der Waals surface area contributed by atoms with Gasteiger partial charge < -0.3 is 4.74 Å². The summed E-state index contributed by atoms with van der Waals surface area (Å²) in [5.74, 6) is -0.190. The van der Waals surface area contributed by atoms with Crippen LogP contribution in [-0.2, 0) is 26.1 Å². The summed E-state index contributed by atoms with van der Waals surface area (Å²) in [6.07, 6.45) is 8.63. The lowest BCUT2D eigenvalue weighted by Crippen LogP contribution is -2.12. The van der Waals surface area contributed by atoms with Crippen molar-refractivity contribution >= 4 is 43.0 Å². The second-order valence-corrected chi connectivity index (χ2v) is 10.7. The fraction of sp³-hybridized carbons (Fsp3) is 0.292. The van der Waals surface area contributed by atoms with E-state index in [9.17, 15) is 13.2 Å². The van der Waals surface area contributed by atoms with E-state index >= 15 is 0 Å². The minimum absolute atomic E-state index is 0.190. The normalized spacial score (nSPS) is 11.7. The highest BCUT2D eigenvalue weighted by Crippen LogP contribution is 2.33. The van der Waals surface area contributed by atoms with E-state index in [0.29, 0.717) is 37.0 Å². The Kier molecular flexibility index (Phi) is 7.18. The molecule has 3 heterocycles. The Hall–Kier alpha value is -2.98. The first-order chi connectivity index (χ1) is 16.3. The summed E-state index contributed by atoms with van der Waals surface area (Å²) in [6, 6.07) is 8.60. The molecule has 0 fully saturated rings. The fourth-order valence-electron chi connectivity index (χ4n) is 3.69. The highest BCUT2D eigenvalue weighted by atomic mass is 79.9. The second-order valence-electron chi connectivity index (χ2n) is 7.94. The van der Waals surface area contributed by atoms with Crippen LogP contribution in [0.1, 0.15) is 31.7 Å². The Bertz CT molecular complexity index is 1430. The highest BCUT2D eigenvalue weighted by molar-refractivity contribution is 9.10. The first-order valence-corrected chi connectivity index (χ1v) is 13.2. The first kappa shape index (κ1) is 24.2. The number of aryl methyl sites for hydroxylation is 2. The molecule has 10 heteroatoms. The summed E-state index contributed by atoms with van der Waals surface area (Å²) in [5, 5.41) is 5.12. The van der Waals surface area contributed by atoms with Crippen LogP contribution in [0.4, 0.5) is 0 Å². The molecule has 0 unspecified atom stereocenters. The van der Waals surface area contributed by atoms with E-state index in [0.717, 1.165) is 27.6 Å². The number of esters is 1. The molecule has 0 bridgehead atoms. The number of pyridine rings is 1. The molecule has 0 spiro atoms. The average molecular weight is 545 g/mol. The summed E-state index contributed by atoms with van der Waals surface area (Å²) in [7, 11) is -3.84. The summed E-state index contributed by atoms with van der Waals surface area (Å²) in [4.78, 5) is 16.1. The smallest absolute Gasteiger partial charge is 0.305 e. The summed E-state index contributed by atoms with van der Waals surface area (Å²) in [6.45, 7) is 4.73. The van der Waals surface area contributed by atoms with E-state index in [2.05, 4.69) is 26.0 Å². The Morgan fingerprint density at radius 2 is 1.88 bits per heavy atom. The van der Waals surface area contributed by atoms with Crippen molar-refractivity contribution < 1.29 is 17.9 Å². The largest absolute Gasteiger partial charge is 0.466 e. The van der Waals surface area contributed by atoms with Crippen molar-refractivity contribution in [3.05, 3.63) is 65.2 Å². The molecule has 4 rings (SSSR count). The van der Waals surface area contributed by atoms with Crippen LogP contribution in [0.15, 0.2) is 64.5 Å². The quantitative estimate of drug-likeness (QED) is 0.218. The van der Waals surface area contributed by atoms with Crippen molar-refractivity contribution in [2.45, 2.75) is 44.6 Å². The molecule has 0 saturated heterocycles. The number of carbonyl (C=O) groups excluding carboxylic acids is 1. The van der Waals surface area contributed by atoms with Gasteiger partial charge in [-0.3, -0.25) is 9.48 Å². The van der Waals surface area contributed by atoms with Crippen LogP contribution in [0.25, 0.3) is 22.2 Å². The Morgan fingerprint density at radius 1 is 1.12 bits per heavy atom. The van der Waals surface area contributed by atoms with E-state index in [1.165, 1.54) is 3.97 Å². The zero-order valence-corrected chi connectivity index (χ0v) is 21.3. The molecule has 0 N–H and O–H groups in total. The Labute approximate surface area is 206 Å². The van der Waals surface area contributed by atoms with Gasteiger partial charge in [0.05, 0.1) is 17.7 Å². The molecule has 1 aromatic carbocycles. The van der Waals surface area contributed by atoms with Crippen molar-refractivity contribution in [3.8, 4) is 11.1 Å². The summed E-state index contributed by atoms with van der Waals surface area (Å²) < 4.78 is 35.6. The molecule has 178 valence electrons. The number of carbonyl (C=O) groups is 1. The van der Waals surface area contributed by atoms with Crippen LogP contribution < -0.4 is 0 Å². The third-order valence-corrected chi connectivity index (χ3v) is 7.52. The van der Waals surface area contributed by atoms with Crippen molar-refractivity contribution in [1.82, 2.24) is 18.7 Å². The van der Waals surface area contributed by atoms with Gasteiger partial charge in [0.25, 0.3) is 10.0 Å². The number of benzene rings is 1. The lowest BCUT2D eigenvalue weighted by molar-refractivity contribution is -0.143. The molecular formula is C24H25BrN4O4S. The summed E-state index contributed by atoms with van der Waals surface area (Å²) >= 11 is 3.44. The zero-order valence-electron chi connectivity index (χ0n) is 18.9. The molecule has 0 aliphatic rings. The number of rotatable bonds is 9. The number of aromatic nitrogens is 4. The second kappa shape index (κ2) is 10.1. The van der Waals surface area contributed by atoms with Gasteiger partial charge in [-0.1, -0.05) is 17.7 Å². The minimum atomic E-state index is -3.84. The van der Waals surface area contributed by atoms with E-state index in [-0.39, 0.29) is 10.9 Å². The predicted octanol–water partition coefficient (Wildman–Crippen LogP) is 4.94. The van der Waals surface area contributed by atoms with Gasteiger partial charge in [-0.25, -0.2) is 17.4 Å². The van der Waals surface area contributed by atoms with Crippen LogP contribution >= 0.6 is 15.9 Å². The fourth-order valence-corrected chi connectivity index (χ4v) is 5.35. The third-order valence-electron chi connectivity index (χ3n) is 5.42. The lowest BCUT2D eigenvalue weighted by atomic mass is 10.1. The lowest BCUT2D eigenvalue weighted by Gasteiger charge is -2.07. The number of hydrogen-bond acceptors (Lipinski definition) is 6. The van der Waals surface area contributed by atoms with Crippen molar-refractivity contribution in [2.75, 3.05) is 6.61 Å². The zero-order chi connectivity index (χ0) is 24.3. The molecule has 0 atom stereocenters. The van der Waals surface area contributed by atoms with Crippen LogP contribution in [-0.4, -0.2) is 39.7 Å². The van der Waals surface area contributed by atoms with Crippen LogP contribution in [0.5, 0.6) is 0 Å². The van der Waals surface area contributed by atoms with Gasteiger partial charge in [0.2, 0.25) is 0 Å². The number of nitrogens with zero attached hydrogens (tertiary/aromatic N) is 4. The number of ether oxygens (including phenoxy) is 1. The van der Waals surface area contributed by atoms with E-state index in [4.69, 9.17) is 4.74 Å². The highest BCUT2D eigenvalue weighted by Gasteiger charge is 2.23. The van der Waals surface area contributed by atoms with Gasteiger partial charge in [-0.15, -0.1) is 0 Å². The molecule has 0 amide bonds. The molecule has 0 aliphatic heterocycles. The maximum atomic E-state index is 13.4. The molecular weight excluding hydrogens is 520 g/mol.